The summed E-state index contributed by atoms with van der Waals surface area (Å²) < 4.78 is 1.40. The van der Waals surface area contributed by atoms with Gasteiger partial charge in [-0.1, -0.05) is 12.1 Å². The normalized spacial score (nSPS) is 10.7. The molecule has 20 heavy (non-hydrogen) atoms. The molecule has 0 saturated carbocycles. The van der Waals surface area contributed by atoms with Crippen molar-refractivity contribution in [3.05, 3.63) is 42.0 Å². The number of nitrogens with zero attached hydrogens (tertiary/aromatic N) is 6. The van der Waals surface area contributed by atoms with Gasteiger partial charge in [0.15, 0.2) is 5.65 Å². The van der Waals surface area contributed by atoms with Gasteiger partial charge in [0.2, 0.25) is 0 Å². The number of hydrogen-bond donors (Lipinski definition) is 1. The maximum absolute atomic E-state index is 4.26. The molecule has 0 aliphatic heterocycles. The summed E-state index contributed by atoms with van der Waals surface area (Å²) in [5.74, 6) is 0.737. The quantitative estimate of drug-likeness (QED) is 0.767. The van der Waals surface area contributed by atoms with Crippen LogP contribution in [0.25, 0.3) is 5.65 Å². The number of nitrogens with one attached hydrogen (secondary N) is 1. The smallest absolute Gasteiger partial charge is 0.200 e. The number of aromatic nitrogens is 5. The molecule has 7 nitrogen and oxygen atoms in total. The molecule has 1 aromatic carbocycles. The van der Waals surface area contributed by atoms with Gasteiger partial charge in [0.1, 0.15) is 5.82 Å². The Labute approximate surface area is 116 Å². The van der Waals surface area contributed by atoms with Crippen molar-refractivity contribution in [2.45, 2.75) is 6.54 Å². The van der Waals surface area contributed by atoms with E-state index in [0.717, 1.165) is 5.82 Å². The average Bonchev–Trinajstić information content (AvgIpc) is 2.93. The summed E-state index contributed by atoms with van der Waals surface area (Å²) in [5, 5.41) is 18.6. The van der Waals surface area contributed by atoms with Gasteiger partial charge in [-0.25, -0.2) is 0 Å². The molecule has 0 aliphatic carbocycles. The predicted molar refractivity (Wildman–Crippen MR) is 76.7 cm³/mol. The van der Waals surface area contributed by atoms with E-state index in [1.165, 1.54) is 15.9 Å². The van der Waals surface area contributed by atoms with Gasteiger partial charge in [0.25, 0.3) is 0 Å². The molecule has 0 bridgehead atoms. The molecule has 0 fully saturated rings. The third-order valence-electron chi connectivity index (χ3n) is 3.00. The third kappa shape index (κ3) is 2.51. The molecular formula is C13H15N7. The fourth-order valence-electron chi connectivity index (χ4n) is 1.85. The first-order valence-electron chi connectivity index (χ1n) is 6.28. The molecule has 3 aromatic rings. The van der Waals surface area contributed by atoms with E-state index in [-0.39, 0.29) is 0 Å². The maximum atomic E-state index is 4.26. The number of tetrazole rings is 1. The van der Waals surface area contributed by atoms with Crippen LogP contribution in [0.4, 0.5) is 11.5 Å². The summed E-state index contributed by atoms with van der Waals surface area (Å²) in [6.07, 6.45) is 0. The summed E-state index contributed by atoms with van der Waals surface area (Å²) in [5.41, 5.74) is 3.00. The van der Waals surface area contributed by atoms with Crippen LogP contribution in [0.5, 0.6) is 0 Å². The van der Waals surface area contributed by atoms with Gasteiger partial charge < -0.3 is 10.2 Å². The molecule has 0 aliphatic rings. The van der Waals surface area contributed by atoms with Crippen molar-refractivity contribution in [3.8, 4) is 0 Å². The van der Waals surface area contributed by atoms with Crippen molar-refractivity contribution in [2.75, 3.05) is 24.3 Å². The fraction of sp³-hybridized carbons (Fsp3) is 0.231. The second-order valence-electron chi connectivity index (χ2n) is 4.66. The number of hydrogen-bond acceptors (Lipinski definition) is 6. The van der Waals surface area contributed by atoms with Crippen LogP contribution in [0.2, 0.25) is 0 Å². The van der Waals surface area contributed by atoms with E-state index in [4.69, 9.17) is 0 Å². The molecule has 102 valence electrons. The van der Waals surface area contributed by atoms with Crippen LogP contribution in [-0.4, -0.2) is 39.3 Å². The van der Waals surface area contributed by atoms with E-state index in [1.54, 1.807) is 0 Å². The first-order chi connectivity index (χ1) is 9.72. The number of anilines is 2. The van der Waals surface area contributed by atoms with Crippen LogP contribution in [0.3, 0.4) is 0 Å². The highest BCUT2D eigenvalue weighted by molar-refractivity contribution is 5.47. The molecule has 2 heterocycles. The molecule has 0 unspecified atom stereocenters. The zero-order chi connectivity index (χ0) is 13.9. The first kappa shape index (κ1) is 12.3. The van der Waals surface area contributed by atoms with Crippen LogP contribution < -0.4 is 10.2 Å². The van der Waals surface area contributed by atoms with Crippen LogP contribution >= 0.6 is 0 Å². The van der Waals surface area contributed by atoms with Crippen molar-refractivity contribution < 1.29 is 0 Å². The first-order valence-corrected chi connectivity index (χ1v) is 6.28. The standard InChI is InChI=1S/C13H15N7/c1-19(2)11-5-3-10(4-6-11)9-14-12-7-8-13-15-17-18-20(13)16-12/h3-8H,9H2,1-2H3,(H,14,16). The zero-order valence-corrected chi connectivity index (χ0v) is 11.4. The van der Waals surface area contributed by atoms with Crippen molar-refractivity contribution in [1.82, 2.24) is 25.3 Å². The minimum Gasteiger partial charge on any atom is -0.378 e. The van der Waals surface area contributed by atoms with Crippen LogP contribution in [0.15, 0.2) is 36.4 Å². The molecule has 0 radical (unpaired) electrons. The topological polar surface area (TPSA) is 71.2 Å². The van der Waals surface area contributed by atoms with E-state index in [9.17, 15) is 0 Å². The van der Waals surface area contributed by atoms with E-state index in [0.29, 0.717) is 12.2 Å². The molecule has 0 amide bonds. The zero-order valence-electron chi connectivity index (χ0n) is 11.4. The van der Waals surface area contributed by atoms with Gasteiger partial charge in [0.05, 0.1) is 0 Å². The SMILES string of the molecule is CN(C)c1ccc(CNc2ccc3nnnn3n2)cc1. The maximum Gasteiger partial charge on any atom is 0.200 e. The summed E-state index contributed by atoms with van der Waals surface area (Å²) in [7, 11) is 4.05. The van der Waals surface area contributed by atoms with Crippen molar-refractivity contribution in [1.29, 1.82) is 0 Å². The van der Waals surface area contributed by atoms with Gasteiger partial charge >= 0.3 is 0 Å². The Morgan fingerprint density at radius 2 is 1.90 bits per heavy atom. The van der Waals surface area contributed by atoms with E-state index in [1.807, 2.05) is 26.2 Å². The lowest BCUT2D eigenvalue weighted by molar-refractivity contribution is 0.734. The predicted octanol–water partition coefficient (Wildman–Crippen LogP) is 1.20. The van der Waals surface area contributed by atoms with E-state index < -0.39 is 0 Å². The number of benzene rings is 1. The highest BCUT2D eigenvalue weighted by atomic mass is 15.6. The summed E-state index contributed by atoms with van der Waals surface area (Å²) in [6, 6.07) is 12.1. The highest BCUT2D eigenvalue weighted by Crippen LogP contribution is 2.13. The van der Waals surface area contributed by atoms with E-state index >= 15 is 0 Å². The molecule has 2 aromatic heterocycles. The number of rotatable bonds is 4. The Morgan fingerprint density at radius 3 is 2.65 bits per heavy atom. The number of fused-ring (bicyclic) bond motifs is 1. The summed E-state index contributed by atoms with van der Waals surface area (Å²) in [6.45, 7) is 0.703. The summed E-state index contributed by atoms with van der Waals surface area (Å²) >= 11 is 0. The Morgan fingerprint density at radius 1 is 1.10 bits per heavy atom. The minimum absolute atomic E-state index is 0.630. The lowest BCUT2D eigenvalue weighted by atomic mass is 10.2. The average molecular weight is 269 g/mol. The largest absolute Gasteiger partial charge is 0.378 e. The second kappa shape index (κ2) is 5.12. The van der Waals surface area contributed by atoms with Gasteiger partial charge in [-0.3, -0.25) is 0 Å². The van der Waals surface area contributed by atoms with Crippen molar-refractivity contribution in [3.63, 3.8) is 0 Å². The Kier molecular flexibility index (Phi) is 3.16. The molecule has 1 N–H and O–H groups in total. The monoisotopic (exact) mass is 269 g/mol. The lowest BCUT2D eigenvalue weighted by Gasteiger charge is -2.13. The molecule has 0 spiro atoms. The summed E-state index contributed by atoms with van der Waals surface area (Å²) in [4.78, 5) is 2.07. The fourth-order valence-corrected chi connectivity index (χ4v) is 1.85. The lowest BCUT2D eigenvalue weighted by Crippen LogP contribution is -2.09. The van der Waals surface area contributed by atoms with Crippen LogP contribution in [0, 0.1) is 0 Å². The Hall–Kier alpha value is -2.70. The van der Waals surface area contributed by atoms with Gasteiger partial charge in [0, 0.05) is 26.3 Å². The van der Waals surface area contributed by atoms with Crippen LogP contribution in [-0.2, 0) is 6.54 Å². The highest BCUT2D eigenvalue weighted by Gasteiger charge is 2.01. The minimum atomic E-state index is 0.630. The van der Waals surface area contributed by atoms with Gasteiger partial charge in [-0.05, 0) is 40.3 Å². The van der Waals surface area contributed by atoms with Crippen molar-refractivity contribution in [2.24, 2.45) is 0 Å². The van der Waals surface area contributed by atoms with E-state index in [2.05, 4.69) is 55.1 Å². The third-order valence-corrected chi connectivity index (χ3v) is 3.00. The molecule has 0 atom stereocenters. The van der Waals surface area contributed by atoms with Gasteiger partial charge in [-0.15, -0.1) is 14.8 Å². The molecule has 0 saturated heterocycles. The molecule has 7 heteroatoms. The van der Waals surface area contributed by atoms with Crippen molar-refractivity contribution >= 4 is 17.2 Å². The van der Waals surface area contributed by atoms with Crippen LogP contribution in [0.1, 0.15) is 5.56 Å². The Bertz CT molecular complexity index is 702. The second-order valence-corrected chi connectivity index (χ2v) is 4.66. The molecular weight excluding hydrogens is 254 g/mol. The van der Waals surface area contributed by atoms with Gasteiger partial charge in [-0.2, -0.15) is 0 Å². The Balaban J connectivity index is 1.69. The molecule has 3 rings (SSSR count).